The molecule has 1 rings (SSSR count). The predicted molar refractivity (Wildman–Crippen MR) is 57.5 cm³/mol. The smallest absolute Gasteiger partial charge is 0.0853 e. The van der Waals surface area contributed by atoms with E-state index in [1.807, 2.05) is 0 Å². The maximum Gasteiger partial charge on any atom is 0.0853 e. The molecule has 1 aromatic rings. The van der Waals surface area contributed by atoms with E-state index in [2.05, 4.69) is 48.5 Å². The van der Waals surface area contributed by atoms with Crippen molar-refractivity contribution in [3.8, 4) is 0 Å². The van der Waals surface area contributed by atoms with E-state index in [1.165, 1.54) is 5.69 Å². The molecule has 3 nitrogen and oxygen atoms in total. The first-order chi connectivity index (χ1) is 5.94. The van der Waals surface area contributed by atoms with Gasteiger partial charge in [-0.25, -0.2) is 0 Å². The fourth-order valence-electron chi connectivity index (χ4n) is 1.32. The molecule has 0 spiro atoms. The molecule has 1 aromatic heterocycles. The molecule has 0 N–H and O–H groups in total. The number of hydrogen-bond donors (Lipinski definition) is 0. The lowest BCUT2D eigenvalue weighted by atomic mass is 10.3. The molecule has 74 valence electrons. The van der Waals surface area contributed by atoms with Gasteiger partial charge in [0.2, 0.25) is 0 Å². The first-order valence-corrected chi connectivity index (χ1v) is 8.53. The second-order valence-corrected chi connectivity index (χ2v) is 10.1. The fourth-order valence-corrected chi connectivity index (χ4v) is 2.52. The summed E-state index contributed by atoms with van der Waals surface area (Å²) < 4.78 is 2.06. The van der Waals surface area contributed by atoms with Crippen LogP contribution in [0.3, 0.4) is 0 Å². The maximum absolute atomic E-state index is 4.17. The van der Waals surface area contributed by atoms with Gasteiger partial charge in [0, 0.05) is 6.17 Å². The predicted octanol–water partition coefficient (Wildman–Crippen LogP) is 2.03. The molecule has 0 saturated heterocycles. The SMILES string of the molecule is CCc1nnn(C[Si](C)(C)C)c1C. The molecular formula is C9H19N3Si. The monoisotopic (exact) mass is 197 g/mol. The van der Waals surface area contributed by atoms with Gasteiger partial charge in [0.15, 0.2) is 0 Å². The van der Waals surface area contributed by atoms with Gasteiger partial charge in [-0.15, -0.1) is 5.10 Å². The molecule has 0 amide bonds. The normalized spacial score (nSPS) is 12.1. The third-order valence-corrected chi connectivity index (χ3v) is 3.29. The summed E-state index contributed by atoms with van der Waals surface area (Å²) in [5.74, 6) is 0. The third-order valence-electron chi connectivity index (χ3n) is 2.04. The summed E-state index contributed by atoms with van der Waals surface area (Å²) in [6, 6.07) is 0. The molecule has 0 fully saturated rings. The zero-order valence-electron chi connectivity index (χ0n) is 9.26. The van der Waals surface area contributed by atoms with Crippen LogP contribution >= 0.6 is 0 Å². The second-order valence-electron chi connectivity index (χ2n) is 4.69. The summed E-state index contributed by atoms with van der Waals surface area (Å²) in [5.41, 5.74) is 2.38. The van der Waals surface area contributed by atoms with Gasteiger partial charge >= 0.3 is 0 Å². The van der Waals surface area contributed by atoms with Crippen molar-refractivity contribution in [3.63, 3.8) is 0 Å². The highest BCUT2D eigenvalue weighted by atomic mass is 28.3. The number of aryl methyl sites for hydroxylation is 1. The van der Waals surface area contributed by atoms with Gasteiger partial charge in [-0.1, -0.05) is 31.8 Å². The first kappa shape index (κ1) is 10.4. The summed E-state index contributed by atoms with van der Waals surface area (Å²) in [7, 11) is -1.07. The highest BCUT2D eigenvalue weighted by molar-refractivity contribution is 6.74. The van der Waals surface area contributed by atoms with Gasteiger partial charge in [-0.2, -0.15) is 0 Å². The molecule has 1 heterocycles. The molecule has 0 atom stereocenters. The molecule has 0 aromatic carbocycles. The van der Waals surface area contributed by atoms with Crippen molar-refractivity contribution in [1.29, 1.82) is 0 Å². The third kappa shape index (κ3) is 2.65. The van der Waals surface area contributed by atoms with Crippen LogP contribution in [0.5, 0.6) is 0 Å². The van der Waals surface area contributed by atoms with Crippen LogP contribution in [0.4, 0.5) is 0 Å². The summed E-state index contributed by atoms with van der Waals surface area (Å²) in [4.78, 5) is 0. The number of aromatic nitrogens is 3. The highest BCUT2D eigenvalue weighted by Crippen LogP contribution is 2.09. The zero-order chi connectivity index (χ0) is 10.1. The van der Waals surface area contributed by atoms with Crippen molar-refractivity contribution in [2.75, 3.05) is 0 Å². The van der Waals surface area contributed by atoms with E-state index in [-0.39, 0.29) is 0 Å². The lowest BCUT2D eigenvalue weighted by Gasteiger charge is -2.15. The average Bonchev–Trinajstić information content (AvgIpc) is 2.30. The van der Waals surface area contributed by atoms with Crippen molar-refractivity contribution in [2.45, 2.75) is 46.1 Å². The van der Waals surface area contributed by atoms with Crippen molar-refractivity contribution in [3.05, 3.63) is 11.4 Å². The van der Waals surface area contributed by atoms with Gasteiger partial charge in [0.25, 0.3) is 0 Å². The number of rotatable bonds is 3. The Labute approximate surface area is 81.2 Å². The van der Waals surface area contributed by atoms with Crippen LogP contribution in [0.15, 0.2) is 0 Å². The Balaban J connectivity index is 2.84. The zero-order valence-corrected chi connectivity index (χ0v) is 10.3. The van der Waals surface area contributed by atoms with E-state index in [4.69, 9.17) is 0 Å². The Morgan fingerprint density at radius 3 is 2.31 bits per heavy atom. The molecule has 4 heteroatoms. The molecule has 0 saturated carbocycles. The lowest BCUT2D eigenvalue weighted by Crippen LogP contribution is -2.29. The van der Waals surface area contributed by atoms with Crippen LogP contribution < -0.4 is 0 Å². The largest absolute Gasteiger partial charge is 0.252 e. The van der Waals surface area contributed by atoms with Crippen molar-refractivity contribution < 1.29 is 0 Å². The van der Waals surface area contributed by atoms with Crippen LogP contribution in [0, 0.1) is 6.92 Å². The minimum Gasteiger partial charge on any atom is -0.252 e. The van der Waals surface area contributed by atoms with E-state index < -0.39 is 8.07 Å². The molecule has 0 radical (unpaired) electrons. The Morgan fingerprint density at radius 2 is 1.92 bits per heavy atom. The highest BCUT2D eigenvalue weighted by Gasteiger charge is 2.17. The van der Waals surface area contributed by atoms with Gasteiger partial charge in [0.05, 0.1) is 19.5 Å². The summed E-state index contributed by atoms with van der Waals surface area (Å²) in [5, 5.41) is 8.33. The number of nitrogens with zero attached hydrogens (tertiary/aromatic N) is 3. The van der Waals surface area contributed by atoms with E-state index in [9.17, 15) is 0 Å². The molecule has 0 bridgehead atoms. The van der Waals surface area contributed by atoms with Gasteiger partial charge in [-0.3, -0.25) is 4.68 Å². The van der Waals surface area contributed by atoms with Crippen LogP contribution in [0.1, 0.15) is 18.3 Å². The van der Waals surface area contributed by atoms with Crippen LogP contribution in [0.2, 0.25) is 19.6 Å². The van der Waals surface area contributed by atoms with Crippen LogP contribution in [-0.2, 0) is 12.6 Å². The van der Waals surface area contributed by atoms with Gasteiger partial charge in [-0.05, 0) is 13.3 Å². The Bertz CT molecular complexity index is 286. The molecule has 0 aliphatic rings. The van der Waals surface area contributed by atoms with E-state index in [0.29, 0.717) is 0 Å². The van der Waals surface area contributed by atoms with E-state index in [1.54, 1.807) is 0 Å². The number of hydrogen-bond acceptors (Lipinski definition) is 2. The summed E-state index contributed by atoms with van der Waals surface area (Å²) >= 11 is 0. The second kappa shape index (κ2) is 3.62. The maximum atomic E-state index is 4.17. The topological polar surface area (TPSA) is 30.7 Å². The summed E-state index contributed by atoms with van der Waals surface area (Å²) in [6.45, 7) is 11.3. The van der Waals surface area contributed by atoms with Gasteiger partial charge < -0.3 is 0 Å². The van der Waals surface area contributed by atoms with Crippen LogP contribution in [0.25, 0.3) is 0 Å². The lowest BCUT2D eigenvalue weighted by molar-refractivity contribution is 0.663. The van der Waals surface area contributed by atoms with Crippen molar-refractivity contribution in [2.24, 2.45) is 0 Å². The molecule has 0 aliphatic carbocycles. The Kier molecular flexibility index (Phi) is 2.90. The standard InChI is InChI=1S/C9H19N3Si/c1-6-9-8(2)12(11-10-9)7-13(3,4)5/h6-7H2,1-5H3. The fraction of sp³-hybridized carbons (Fsp3) is 0.778. The summed E-state index contributed by atoms with van der Waals surface area (Å²) in [6.07, 6.45) is 2.06. The van der Waals surface area contributed by atoms with Crippen molar-refractivity contribution >= 4 is 8.07 Å². The Hall–Kier alpha value is -0.643. The minimum atomic E-state index is -1.07. The molecular weight excluding hydrogens is 178 g/mol. The molecule has 0 aliphatic heterocycles. The quantitative estimate of drug-likeness (QED) is 0.694. The Morgan fingerprint density at radius 1 is 1.31 bits per heavy atom. The first-order valence-electron chi connectivity index (χ1n) is 4.83. The van der Waals surface area contributed by atoms with Crippen molar-refractivity contribution in [1.82, 2.24) is 15.0 Å². The average molecular weight is 197 g/mol. The van der Waals surface area contributed by atoms with Crippen LogP contribution in [-0.4, -0.2) is 23.1 Å². The van der Waals surface area contributed by atoms with E-state index >= 15 is 0 Å². The van der Waals surface area contributed by atoms with E-state index in [0.717, 1.165) is 18.3 Å². The van der Waals surface area contributed by atoms with Gasteiger partial charge in [0.1, 0.15) is 0 Å². The molecule has 0 unspecified atom stereocenters. The minimum absolute atomic E-state index is 0.984. The molecule has 13 heavy (non-hydrogen) atoms.